The predicted octanol–water partition coefficient (Wildman–Crippen LogP) is 1.46. The van der Waals surface area contributed by atoms with E-state index in [9.17, 15) is 14.4 Å². The summed E-state index contributed by atoms with van der Waals surface area (Å²) >= 11 is 0. The van der Waals surface area contributed by atoms with Crippen LogP contribution in [0.3, 0.4) is 0 Å². The molecule has 1 aromatic rings. The molecule has 0 fully saturated rings. The van der Waals surface area contributed by atoms with Crippen LogP contribution in [0.4, 0.5) is 0 Å². The van der Waals surface area contributed by atoms with E-state index in [2.05, 4.69) is 10.1 Å². The molecular formula is C14H17NO5. The largest absolute Gasteiger partial charge is 0.480 e. The quantitative estimate of drug-likeness (QED) is 0.796. The van der Waals surface area contributed by atoms with Gasteiger partial charge in [0, 0.05) is 0 Å². The molecule has 0 aromatic heterocycles. The summed E-state index contributed by atoms with van der Waals surface area (Å²) in [6, 6.07) is 6.08. The van der Waals surface area contributed by atoms with Crippen LogP contribution in [0.25, 0.3) is 0 Å². The number of carbonyl (C=O) groups is 3. The van der Waals surface area contributed by atoms with Crippen LogP contribution in [0, 0.1) is 0 Å². The first-order chi connectivity index (χ1) is 9.35. The molecule has 108 valence electrons. The van der Waals surface area contributed by atoms with Crippen molar-refractivity contribution < 1.29 is 24.2 Å². The minimum absolute atomic E-state index is 0.0836. The van der Waals surface area contributed by atoms with Gasteiger partial charge in [0.15, 0.2) is 0 Å². The predicted molar refractivity (Wildman–Crippen MR) is 71.6 cm³/mol. The molecule has 0 aliphatic rings. The average Bonchev–Trinajstić information content (AvgIpc) is 2.45. The third-order valence-electron chi connectivity index (χ3n) is 3.15. The van der Waals surface area contributed by atoms with E-state index < -0.39 is 23.4 Å². The van der Waals surface area contributed by atoms with Crippen LogP contribution in [-0.2, 0) is 9.53 Å². The number of methoxy groups -OCH3 is 1. The summed E-state index contributed by atoms with van der Waals surface area (Å²) in [5.41, 5.74) is -1.21. The van der Waals surface area contributed by atoms with Crippen LogP contribution in [-0.4, -0.2) is 35.6 Å². The van der Waals surface area contributed by atoms with Gasteiger partial charge in [-0.25, -0.2) is 9.59 Å². The van der Waals surface area contributed by atoms with Crippen molar-refractivity contribution in [2.24, 2.45) is 0 Å². The van der Waals surface area contributed by atoms with E-state index in [-0.39, 0.29) is 17.5 Å². The zero-order valence-electron chi connectivity index (χ0n) is 11.6. The monoisotopic (exact) mass is 279 g/mol. The van der Waals surface area contributed by atoms with E-state index >= 15 is 0 Å². The van der Waals surface area contributed by atoms with E-state index in [0.29, 0.717) is 0 Å². The molecule has 0 bridgehead atoms. The molecule has 0 radical (unpaired) electrons. The van der Waals surface area contributed by atoms with Gasteiger partial charge in [0.05, 0.1) is 18.2 Å². The number of carbonyl (C=O) groups excluding carboxylic acids is 2. The fraction of sp³-hybridized carbons (Fsp3) is 0.357. The first-order valence-corrected chi connectivity index (χ1v) is 6.09. The maximum atomic E-state index is 12.2. The molecule has 1 unspecified atom stereocenters. The van der Waals surface area contributed by atoms with Gasteiger partial charge in [0.25, 0.3) is 5.91 Å². The van der Waals surface area contributed by atoms with Gasteiger partial charge in [-0.3, -0.25) is 4.79 Å². The van der Waals surface area contributed by atoms with Gasteiger partial charge < -0.3 is 15.2 Å². The number of carboxylic acid groups (broad SMARTS) is 1. The third-order valence-corrected chi connectivity index (χ3v) is 3.15. The lowest BCUT2D eigenvalue weighted by molar-refractivity contribution is -0.143. The molecule has 20 heavy (non-hydrogen) atoms. The number of hydrogen-bond acceptors (Lipinski definition) is 4. The fourth-order valence-corrected chi connectivity index (χ4v) is 1.58. The molecule has 0 aliphatic heterocycles. The van der Waals surface area contributed by atoms with E-state index in [1.807, 2.05) is 0 Å². The van der Waals surface area contributed by atoms with Crippen molar-refractivity contribution in [1.82, 2.24) is 5.32 Å². The van der Waals surface area contributed by atoms with E-state index in [1.54, 1.807) is 19.1 Å². The maximum absolute atomic E-state index is 12.2. The van der Waals surface area contributed by atoms with Crippen molar-refractivity contribution >= 4 is 17.8 Å². The summed E-state index contributed by atoms with van der Waals surface area (Å²) in [4.78, 5) is 35.0. The Labute approximate surface area is 116 Å². The maximum Gasteiger partial charge on any atom is 0.338 e. The minimum Gasteiger partial charge on any atom is -0.480 e. The third kappa shape index (κ3) is 3.14. The van der Waals surface area contributed by atoms with Crippen molar-refractivity contribution in [2.45, 2.75) is 25.8 Å². The van der Waals surface area contributed by atoms with Crippen molar-refractivity contribution in [3.63, 3.8) is 0 Å². The Kier molecular flexibility index (Phi) is 4.85. The van der Waals surface area contributed by atoms with Crippen molar-refractivity contribution in [3.8, 4) is 0 Å². The molecule has 6 heteroatoms. The Balaban J connectivity index is 3.10. The number of ether oxygens (including phenoxy) is 1. The summed E-state index contributed by atoms with van der Waals surface area (Å²) in [5, 5.41) is 11.6. The van der Waals surface area contributed by atoms with Gasteiger partial charge in [-0.1, -0.05) is 19.1 Å². The lowest BCUT2D eigenvalue weighted by Crippen LogP contribution is -2.51. The molecule has 0 saturated carbocycles. The van der Waals surface area contributed by atoms with E-state index in [1.165, 1.54) is 26.2 Å². The first-order valence-electron chi connectivity index (χ1n) is 6.09. The number of aliphatic carboxylic acids is 1. The second-order valence-electron chi connectivity index (χ2n) is 4.48. The molecule has 0 spiro atoms. The highest BCUT2D eigenvalue weighted by atomic mass is 16.5. The highest BCUT2D eigenvalue weighted by molar-refractivity contribution is 6.06. The summed E-state index contributed by atoms with van der Waals surface area (Å²) in [6.07, 6.45) is 0.217. The number of esters is 1. The number of rotatable bonds is 5. The Morgan fingerprint density at radius 1 is 1.25 bits per heavy atom. The van der Waals surface area contributed by atoms with Crippen LogP contribution < -0.4 is 5.32 Å². The number of nitrogens with one attached hydrogen (secondary N) is 1. The van der Waals surface area contributed by atoms with Gasteiger partial charge in [-0.15, -0.1) is 0 Å². The number of carboxylic acids is 1. The van der Waals surface area contributed by atoms with Gasteiger partial charge in [-0.05, 0) is 25.5 Å². The highest BCUT2D eigenvalue weighted by Gasteiger charge is 2.33. The first kappa shape index (κ1) is 15.7. The van der Waals surface area contributed by atoms with Crippen LogP contribution in [0.1, 0.15) is 41.0 Å². The average molecular weight is 279 g/mol. The second-order valence-corrected chi connectivity index (χ2v) is 4.48. The van der Waals surface area contributed by atoms with Crippen molar-refractivity contribution in [3.05, 3.63) is 35.4 Å². The molecule has 6 nitrogen and oxygen atoms in total. The summed E-state index contributed by atoms with van der Waals surface area (Å²) in [6.45, 7) is 3.06. The van der Waals surface area contributed by atoms with Gasteiger partial charge >= 0.3 is 11.9 Å². The van der Waals surface area contributed by atoms with Gasteiger partial charge in [-0.2, -0.15) is 0 Å². The molecule has 0 aliphatic carbocycles. The number of hydrogen-bond donors (Lipinski definition) is 2. The number of amides is 1. The smallest absolute Gasteiger partial charge is 0.338 e. The van der Waals surface area contributed by atoms with Crippen molar-refractivity contribution in [2.75, 3.05) is 7.11 Å². The Morgan fingerprint density at radius 3 is 2.25 bits per heavy atom. The lowest BCUT2D eigenvalue weighted by atomic mass is 9.97. The lowest BCUT2D eigenvalue weighted by Gasteiger charge is -2.25. The fourth-order valence-electron chi connectivity index (χ4n) is 1.58. The van der Waals surface area contributed by atoms with Gasteiger partial charge in [0.2, 0.25) is 0 Å². The molecule has 2 N–H and O–H groups in total. The molecule has 0 saturated heterocycles. The van der Waals surface area contributed by atoms with Crippen LogP contribution in [0.5, 0.6) is 0 Å². The normalized spacial score (nSPS) is 13.2. The molecule has 1 aromatic carbocycles. The number of benzene rings is 1. The summed E-state index contributed by atoms with van der Waals surface area (Å²) in [7, 11) is 1.21. The Bertz CT molecular complexity index is 540. The SMILES string of the molecule is CCC(C)(NC(=O)c1ccccc1C(=O)OC)C(=O)O. The van der Waals surface area contributed by atoms with Crippen LogP contribution >= 0.6 is 0 Å². The topological polar surface area (TPSA) is 92.7 Å². The zero-order valence-corrected chi connectivity index (χ0v) is 11.6. The van der Waals surface area contributed by atoms with E-state index in [4.69, 9.17) is 5.11 Å². The van der Waals surface area contributed by atoms with E-state index in [0.717, 1.165) is 0 Å². The summed E-state index contributed by atoms with van der Waals surface area (Å²) in [5.74, 6) is -2.41. The Hall–Kier alpha value is -2.37. The Morgan fingerprint density at radius 2 is 1.80 bits per heavy atom. The molecule has 1 amide bonds. The van der Waals surface area contributed by atoms with Crippen molar-refractivity contribution in [1.29, 1.82) is 0 Å². The molecule has 0 heterocycles. The standard InChI is InChI=1S/C14H17NO5/c1-4-14(2,13(18)19)15-11(16)9-7-5-6-8-10(9)12(17)20-3/h5-8H,4H2,1-3H3,(H,15,16)(H,18,19). The molecule has 1 atom stereocenters. The molecule has 1 rings (SSSR count). The second kappa shape index (κ2) is 6.18. The summed E-state index contributed by atoms with van der Waals surface area (Å²) < 4.78 is 4.60. The van der Waals surface area contributed by atoms with Crippen LogP contribution in [0.2, 0.25) is 0 Å². The highest BCUT2D eigenvalue weighted by Crippen LogP contribution is 2.14. The van der Waals surface area contributed by atoms with Crippen LogP contribution in [0.15, 0.2) is 24.3 Å². The molecular weight excluding hydrogens is 262 g/mol. The van der Waals surface area contributed by atoms with Gasteiger partial charge in [0.1, 0.15) is 5.54 Å². The minimum atomic E-state index is -1.39. The zero-order chi connectivity index (χ0) is 15.3.